The van der Waals surface area contributed by atoms with E-state index in [4.69, 9.17) is 5.73 Å². The lowest BCUT2D eigenvalue weighted by Gasteiger charge is -2.13. The maximum Gasteiger partial charge on any atom is 0.417 e. The van der Waals surface area contributed by atoms with E-state index in [1.807, 2.05) is 0 Å². The first-order valence-electron chi connectivity index (χ1n) is 5.76. The molecular formula is C12H13F3N4O. The summed E-state index contributed by atoms with van der Waals surface area (Å²) < 4.78 is 40.5. The number of nitrogens with zero attached hydrogens (tertiary/aromatic N) is 3. The van der Waals surface area contributed by atoms with Crippen LogP contribution in [0.3, 0.4) is 0 Å². The fourth-order valence-electron chi connectivity index (χ4n) is 1.93. The van der Waals surface area contributed by atoms with Gasteiger partial charge in [0.05, 0.1) is 5.56 Å². The molecule has 0 radical (unpaired) electrons. The Morgan fingerprint density at radius 1 is 1.30 bits per heavy atom. The van der Waals surface area contributed by atoms with Crippen LogP contribution in [0.25, 0.3) is 11.4 Å². The lowest BCUT2D eigenvalue weighted by Crippen LogP contribution is -2.10. The van der Waals surface area contributed by atoms with E-state index in [0.717, 1.165) is 6.07 Å². The Balaban J connectivity index is 2.65. The van der Waals surface area contributed by atoms with Gasteiger partial charge in [0.25, 0.3) is 0 Å². The molecule has 108 valence electrons. The van der Waals surface area contributed by atoms with Crippen molar-refractivity contribution in [2.75, 3.05) is 5.73 Å². The van der Waals surface area contributed by atoms with Gasteiger partial charge in [-0.2, -0.15) is 13.2 Å². The van der Waals surface area contributed by atoms with E-state index >= 15 is 0 Å². The zero-order valence-electron chi connectivity index (χ0n) is 10.8. The van der Waals surface area contributed by atoms with Crippen molar-refractivity contribution in [3.63, 3.8) is 0 Å². The van der Waals surface area contributed by atoms with Crippen LogP contribution in [-0.2, 0) is 13.2 Å². The molecule has 0 aliphatic heterocycles. The zero-order valence-corrected chi connectivity index (χ0v) is 10.8. The average molecular weight is 286 g/mol. The van der Waals surface area contributed by atoms with Gasteiger partial charge in [0.15, 0.2) is 11.6 Å². The molecule has 0 unspecified atom stereocenters. The molecule has 2 aromatic rings. The molecule has 0 amide bonds. The largest absolute Gasteiger partial charge is 0.417 e. The maximum absolute atomic E-state index is 13.0. The monoisotopic (exact) mass is 286 g/mol. The van der Waals surface area contributed by atoms with Gasteiger partial charge in [-0.1, -0.05) is 0 Å². The van der Waals surface area contributed by atoms with E-state index in [2.05, 4.69) is 10.2 Å². The number of rotatable bonds is 2. The first-order valence-corrected chi connectivity index (χ1v) is 5.76. The highest BCUT2D eigenvalue weighted by atomic mass is 19.4. The highest BCUT2D eigenvalue weighted by Gasteiger charge is 2.35. The number of benzene rings is 1. The van der Waals surface area contributed by atoms with Gasteiger partial charge in [-0.25, -0.2) is 0 Å². The highest BCUT2D eigenvalue weighted by Crippen LogP contribution is 2.37. The number of aliphatic hydroxyl groups excluding tert-OH is 1. The molecule has 0 aliphatic carbocycles. The van der Waals surface area contributed by atoms with Crippen molar-refractivity contribution in [2.45, 2.75) is 19.2 Å². The molecule has 1 aromatic heterocycles. The average Bonchev–Trinajstić information content (AvgIpc) is 2.70. The number of alkyl halides is 3. The highest BCUT2D eigenvalue weighted by molar-refractivity contribution is 5.65. The molecule has 1 atom stereocenters. The minimum absolute atomic E-state index is 0.0130. The van der Waals surface area contributed by atoms with Gasteiger partial charge in [0.1, 0.15) is 6.10 Å². The van der Waals surface area contributed by atoms with E-state index in [9.17, 15) is 18.3 Å². The Morgan fingerprint density at radius 3 is 2.45 bits per heavy atom. The lowest BCUT2D eigenvalue weighted by molar-refractivity contribution is -0.137. The Morgan fingerprint density at radius 2 is 1.95 bits per heavy atom. The van der Waals surface area contributed by atoms with Gasteiger partial charge in [-0.15, -0.1) is 10.2 Å². The van der Waals surface area contributed by atoms with Gasteiger partial charge in [0.2, 0.25) is 0 Å². The first kappa shape index (κ1) is 14.3. The predicted molar refractivity (Wildman–Crippen MR) is 66.5 cm³/mol. The molecule has 0 aliphatic rings. The number of nitrogens with two attached hydrogens (primary N) is 1. The van der Waals surface area contributed by atoms with Gasteiger partial charge in [-0.3, -0.25) is 0 Å². The SMILES string of the molecule is C[C@H](O)c1nnc(-c2ccc(N)cc2C(F)(F)F)n1C. The van der Waals surface area contributed by atoms with Crippen LogP contribution in [0.15, 0.2) is 18.2 Å². The lowest BCUT2D eigenvalue weighted by atomic mass is 10.1. The van der Waals surface area contributed by atoms with Crippen molar-refractivity contribution in [3.05, 3.63) is 29.6 Å². The third-order valence-electron chi connectivity index (χ3n) is 2.87. The van der Waals surface area contributed by atoms with Crippen LogP contribution < -0.4 is 5.73 Å². The molecule has 0 fully saturated rings. The topological polar surface area (TPSA) is 77.0 Å². The van der Waals surface area contributed by atoms with Crippen LogP contribution >= 0.6 is 0 Å². The van der Waals surface area contributed by atoms with E-state index < -0.39 is 17.8 Å². The molecule has 2 rings (SSSR count). The summed E-state index contributed by atoms with van der Waals surface area (Å²) in [5.41, 5.74) is 4.41. The van der Waals surface area contributed by atoms with Crippen molar-refractivity contribution < 1.29 is 18.3 Å². The van der Waals surface area contributed by atoms with Crippen LogP contribution in [0.1, 0.15) is 24.4 Å². The third-order valence-corrected chi connectivity index (χ3v) is 2.87. The van der Waals surface area contributed by atoms with Gasteiger partial charge in [0, 0.05) is 18.3 Å². The fourth-order valence-corrected chi connectivity index (χ4v) is 1.93. The van der Waals surface area contributed by atoms with E-state index in [0.29, 0.717) is 0 Å². The Kier molecular flexibility index (Phi) is 3.43. The molecule has 1 aromatic carbocycles. The first-order chi connectivity index (χ1) is 9.21. The third kappa shape index (κ3) is 2.46. The Bertz CT molecular complexity index is 634. The summed E-state index contributed by atoms with van der Waals surface area (Å²) in [6.45, 7) is 1.46. The summed E-state index contributed by atoms with van der Waals surface area (Å²) in [5, 5.41) is 16.9. The number of aromatic nitrogens is 3. The van der Waals surface area contributed by atoms with Gasteiger partial charge in [-0.05, 0) is 25.1 Å². The van der Waals surface area contributed by atoms with Gasteiger partial charge >= 0.3 is 6.18 Å². The molecule has 0 bridgehead atoms. The number of aliphatic hydroxyl groups is 1. The second-order valence-electron chi connectivity index (χ2n) is 4.42. The van der Waals surface area contributed by atoms with E-state index in [1.165, 1.54) is 30.7 Å². The van der Waals surface area contributed by atoms with Crippen LogP contribution in [0.2, 0.25) is 0 Å². The minimum atomic E-state index is -4.55. The number of hydrogen-bond donors (Lipinski definition) is 2. The molecule has 0 saturated carbocycles. The fraction of sp³-hybridized carbons (Fsp3) is 0.333. The normalized spacial score (nSPS) is 13.5. The summed E-state index contributed by atoms with van der Waals surface area (Å²) in [7, 11) is 1.49. The standard InChI is InChI=1S/C12H13F3N4O/c1-6(20)10-17-18-11(19(10)2)8-4-3-7(16)5-9(8)12(13,14)15/h3-6,20H,16H2,1-2H3/t6-/m0/s1. The molecule has 0 saturated heterocycles. The van der Waals surface area contributed by atoms with Crippen molar-refractivity contribution >= 4 is 5.69 Å². The van der Waals surface area contributed by atoms with Crippen molar-refractivity contribution in [2.24, 2.45) is 7.05 Å². The van der Waals surface area contributed by atoms with Crippen molar-refractivity contribution in [1.82, 2.24) is 14.8 Å². The van der Waals surface area contributed by atoms with Crippen LogP contribution in [-0.4, -0.2) is 19.9 Å². The number of halogens is 3. The molecule has 3 N–H and O–H groups in total. The number of hydrogen-bond acceptors (Lipinski definition) is 4. The molecule has 1 heterocycles. The molecule has 0 spiro atoms. The Hall–Kier alpha value is -2.09. The minimum Gasteiger partial charge on any atom is -0.399 e. The van der Waals surface area contributed by atoms with Crippen LogP contribution in [0.4, 0.5) is 18.9 Å². The smallest absolute Gasteiger partial charge is 0.399 e. The predicted octanol–water partition coefficient (Wildman–Crippen LogP) is 2.14. The van der Waals surface area contributed by atoms with Crippen LogP contribution in [0, 0.1) is 0 Å². The van der Waals surface area contributed by atoms with Crippen molar-refractivity contribution in [1.29, 1.82) is 0 Å². The molecule has 20 heavy (non-hydrogen) atoms. The van der Waals surface area contributed by atoms with E-state index in [-0.39, 0.29) is 22.9 Å². The number of nitrogen functional groups attached to an aromatic ring is 1. The van der Waals surface area contributed by atoms with E-state index in [1.54, 1.807) is 0 Å². The van der Waals surface area contributed by atoms with Crippen LogP contribution in [0.5, 0.6) is 0 Å². The second-order valence-corrected chi connectivity index (χ2v) is 4.42. The zero-order chi connectivity index (χ0) is 15.1. The summed E-state index contributed by atoms with van der Waals surface area (Å²) in [5.74, 6) is 0.207. The quantitative estimate of drug-likeness (QED) is 0.829. The van der Waals surface area contributed by atoms with Crippen molar-refractivity contribution in [3.8, 4) is 11.4 Å². The summed E-state index contributed by atoms with van der Waals surface area (Å²) in [6.07, 6.45) is -5.48. The summed E-state index contributed by atoms with van der Waals surface area (Å²) in [4.78, 5) is 0. The molecule has 5 nitrogen and oxygen atoms in total. The summed E-state index contributed by atoms with van der Waals surface area (Å²) in [6, 6.07) is 3.46. The number of anilines is 1. The second kappa shape index (κ2) is 4.78. The summed E-state index contributed by atoms with van der Waals surface area (Å²) >= 11 is 0. The Labute approximate surface area is 112 Å². The van der Waals surface area contributed by atoms with Gasteiger partial charge < -0.3 is 15.4 Å². The molecular weight excluding hydrogens is 273 g/mol. The maximum atomic E-state index is 13.0. The molecule has 8 heteroatoms.